The molecule has 0 aliphatic rings. The maximum atomic E-state index is 13.1. The predicted octanol–water partition coefficient (Wildman–Crippen LogP) is 3.02. The molecule has 1 aromatic carbocycles. The van der Waals surface area contributed by atoms with Crippen LogP contribution in [0.1, 0.15) is 31.0 Å². The molecule has 28 heavy (non-hydrogen) atoms. The van der Waals surface area contributed by atoms with Crippen LogP contribution in [0.5, 0.6) is 5.75 Å². The summed E-state index contributed by atoms with van der Waals surface area (Å²) < 4.78 is 13.4. The summed E-state index contributed by atoms with van der Waals surface area (Å²) in [6, 6.07) is 6.88. The van der Waals surface area contributed by atoms with Crippen molar-refractivity contribution in [3.8, 4) is 5.75 Å². The van der Waals surface area contributed by atoms with E-state index in [0.29, 0.717) is 29.6 Å². The summed E-state index contributed by atoms with van der Waals surface area (Å²) in [6.07, 6.45) is 4.94. The summed E-state index contributed by atoms with van der Waals surface area (Å²) in [4.78, 5) is 25.2. The molecule has 0 amide bonds. The van der Waals surface area contributed by atoms with E-state index in [-0.39, 0.29) is 11.5 Å². The van der Waals surface area contributed by atoms with Crippen molar-refractivity contribution in [1.29, 1.82) is 0 Å². The van der Waals surface area contributed by atoms with Gasteiger partial charge >= 0.3 is 5.97 Å². The minimum Gasteiger partial charge on any atom is -0.497 e. The van der Waals surface area contributed by atoms with Crippen LogP contribution in [0.2, 0.25) is 0 Å². The SMILES string of the molecule is C=Cc1cn(C(C)C(=O)OCC)c2cnn(Cc3ccc(OC)cc3)c(=O)c12. The number of rotatable bonds is 7. The van der Waals surface area contributed by atoms with Crippen LogP contribution < -0.4 is 10.3 Å². The first-order chi connectivity index (χ1) is 13.5. The molecule has 0 spiro atoms. The Kier molecular flexibility index (Phi) is 5.63. The fraction of sp³-hybridized carbons (Fsp3) is 0.286. The molecule has 1 unspecified atom stereocenters. The van der Waals surface area contributed by atoms with Gasteiger partial charge in [0.25, 0.3) is 5.56 Å². The second kappa shape index (κ2) is 8.12. The number of nitrogens with zero attached hydrogens (tertiary/aromatic N) is 3. The molecule has 0 saturated heterocycles. The summed E-state index contributed by atoms with van der Waals surface area (Å²) in [5.74, 6) is 0.385. The van der Waals surface area contributed by atoms with Gasteiger partial charge in [-0.05, 0) is 31.5 Å². The average molecular weight is 381 g/mol. The Balaban J connectivity index is 2.04. The fourth-order valence-corrected chi connectivity index (χ4v) is 3.10. The van der Waals surface area contributed by atoms with Crippen molar-refractivity contribution in [3.63, 3.8) is 0 Å². The number of aromatic nitrogens is 3. The van der Waals surface area contributed by atoms with E-state index >= 15 is 0 Å². The summed E-state index contributed by atoms with van der Waals surface area (Å²) in [5.41, 5.74) is 1.92. The number of hydrogen-bond acceptors (Lipinski definition) is 5. The van der Waals surface area contributed by atoms with E-state index < -0.39 is 6.04 Å². The highest BCUT2D eigenvalue weighted by molar-refractivity contribution is 5.89. The second-order valence-corrected chi connectivity index (χ2v) is 6.34. The van der Waals surface area contributed by atoms with Crippen molar-refractivity contribution >= 4 is 22.9 Å². The topological polar surface area (TPSA) is 75.3 Å². The largest absolute Gasteiger partial charge is 0.497 e. The Morgan fingerprint density at radius 2 is 2.04 bits per heavy atom. The maximum absolute atomic E-state index is 13.1. The zero-order valence-electron chi connectivity index (χ0n) is 16.2. The van der Waals surface area contributed by atoms with Crippen molar-refractivity contribution in [2.24, 2.45) is 0 Å². The van der Waals surface area contributed by atoms with Gasteiger partial charge in [0.05, 0.1) is 37.4 Å². The predicted molar refractivity (Wildman–Crippen MR) is 108 cm³/mol. The van der Waals surface area contributed by atoms with Crippen LogP contribution in [0.4, 0.5) is 0 Å². The lowest BCUT2D eigenvalue weighted by Crippen LogP contribution is -2.24. The van der Waals surface area contributed by atoms with Gasteiger partial charge in [0.2, 0.25) is 0 Å². The molecule has 0 bridgehead atoms. The van der Waals surface area contributed by atoms with Gasteiger partial charge in [-0.25, -0.2) is 9.48 Å². The molecule has 0 fully saturated rings. The first kappa shape index (κ1) is 19.4. The Bertz CT molecular complexity index is 1060. The monoisotopic (exact) mass is 381 g/mol. The molecule has 0 N–H and O–H groups in total. The number of esters is 1. The lowest BCUT2D eigenvalue weighted by Gasteiger charge is -2.13. The van der Waals surface area contributed by atoms with Crippen LogP contribution >= 0.6 is 0 Å². The summed E-state index contributed by atoms with van der Waals surface area (Å²) in [7, 11) is 1.60. The molecule has 3 rings (SSSR count). The van der Waals surface area contributed by atoms with Gasteiger partial charge in [-0.3, -0.25) is 4.79 Å². The van der Waals surface area contributed by atoms with E-state index in [1.54, 1.807) is 44.0 Å². The van der Waals surface area contributed by atoms with Crippen LogP contribution in [0, 0.1) is 0 Å². The van der Waals surface area contributed by atoms with Crippen molar-refractivity contribution in [2.45, 2.75) is 26.4 Å². The van der Waals surface area contributed by atoms with Crippen molar-refractivity contribution in [1.82, 2.24) is 14.3 Å². The summed E-state index contributed by atoms with van der Waals surface area (Å²) in [5, 5.41) is 4.79. The standard InChI is InChI=1S/C21H23N3O4/c1-5-16-13-23(14(3)21(26)28-6-2)18-11-22-24(20(25)19(16)18)12-15-7-9-17(27-4)10-8-15/h5,7-11,13-14H,1,6,12H2,2-4H3. The second-order valence-electron chi connectivity index (χ2n) is 6.34. The lowest BCUT2D eigenvalue weighted by molar-refractivity contribution is -0.146. The van der Waals surface area contributed by atoms with Crippen molar-refractivity contribution in [3.05, 3.63) is 64.7 Å². The number of fused-ring (bicyclic) bond motifs is 1. The van der Waals surface area contributed by atoms with E-state index in [1.165, 1.54) is 4.68 Å². The van der Waals surface area contributed by atoms with E-state index in [4.69, 9.17) is 9.47 Å². The minimum atomic E-state index is -0.574. The molecule has 2 heterocycles. The highest BCUT2D eigenvalue weighted by Gasteiger charge is 2.21. The molecule has 0 radical (unpaired) electrons. The van der Waals surface area contributed by atoms with Crippen LogP contribution in [0.3, 0.4) is 0 Å². The molecule has 0 aliphatic carbocycles. The van der Waals surface area contributed by atoms with Crippen LogP contribution in [-0.4, -0.2) is 34.0 Å². The van der Waals surface area contributed by atoms with Gasteiger partial charge in [0, 0.05) is 11.8 Å². The van der Waals surface area contributed by atoms with Crippen LogP contribution in [0.15, 0.2) is 48.0 Å². The van der Waals surface area contributed by atoms with Crippen molar-refractivity contribution < 1.29 is 14.3 Å². The van der Waals surface area contributed by atoms with Crippen LogP contribution in [-0.2, 0) is 16.1 Å². The molecule has 3 aromatic rings. The molecular weight excluding hydrogens is 358 g/mol. The molecule has 1 atom stereocenters. The van der Waals surface area contributed by atoms with E-state index in [9.17, 15) is 9.59 Å². The van der Waals surface area contributed by atoms with Gasteiger partial charge in [0.15, 0.2) is 0 Å². The van der Waals surface area contributed by atoms with Crippen molar-refractivity contribution in [2.75, 3.05) is 13.7 Å². The number of carbonyl (C=O) groups is 1. The molecular formula is C21H23N3O4. The van der Waals surface area contributed by atoms with Gasteiger partial charge in [-0.15, -0.1) is 0 Å². The summed E-state index contributed by atoms with van der Waals surface area (Å²) in [6.45, 7) is 7.91. The third-order valence-electron chi connectivity index (χ3n) is 4.63. The van der Waals surface area contributed by atoms with E-state index in [2.05, 4.69) is 11.7 Å². The zero-order chi connectivity index (χ0) is 20.3. The fourth-order valence-electron chi connectivity index (χ4n) is 3.10. The van der Waals surface area contributed by atoms with Gasteiger partial charge < -0.3 is 14.0 Å². The Hall–Kier alpha value is -3.35. The molecule has 146 valence electrons. The number of ether oxygens (including phenoxy) is 2. The number of benzene rings is 1. The molecule has 7 heteroatoms. The normalized spacial score (nSPS) is 12.0. The molecule has 0 saturated carbocycles. The summed E-state index contributed by atoms with van der Waals surface area (Å²) >= 11 is 0. The number of methoxy groups -OCH3 is 1. The molecule has 2 aromatic heterocycles. The Labute approximate surface area is 162 Å². The Morgan fingerprint density at radius 1 is 1.32 bits per heavy atom. The molecule has 7 nitrogen and oxygen atoms in total. The van der Waals surface area contributed by atoms with E-state index in [0.717, 1.165) is 11.3 Å². The average Bonchev–Trinajstić information content (AvgIpc) is 3.09. The van der Waals surface area contributed by atoms with Gasteiger partial charge in [-0.2, -0.15) is 5.10 Å². The van der Waals surface area contributed by atoms with Gasteiger partial charge in [-0.1, -0.05) is 24.8 Å². The number of hydrogen-bond donors (Lipinski definition) is 0. The smallest absolute Gasteiger partial charge is 0.328 e. The quantitative estimate of drug-likeness (QED) is 0.588. The zero-order valence-corrected chi connectivity index (χ0v) is 16.2. The highest BCUT2D eigenvalue weighted by Crippen LogP contribution is 2.23. The number of carbonyl (C=O) groups excluding carboxylic acids is 1. The first-order valence-electron chi connectivity index (χ1n) is 9.02. The maximum Gasteiger partial charge on any atom is 0.328 e. The third kappa shape index (κ3) is 3.55. The van der Waals surface area contributed by atoms with Gasteiger partial charge in [0.1, 0.15) is 11.8 Å². The Morgan fingerprint density at radius 3 is 2.64 bits per heavy atom. The molecule has 0 aliphatic heterocycles. The highest BCUT2D eigenvalue weighted by atomic mass is 16.5. The van der Waals surface area contributed by atoms with E-state index in [1.807, 2.05) is 24.3 Å². The minimum absolute atomic E-state index is 0.238. The first-order valence-corrected chi connectivity index (χ1v) is 9.02. The lowest BCUT2D eigenvalue weighted by atomic mass is 10.2. The third-order valence-corrected chi connectivity index (χ3v) is 4.63. The van der Waals surface area contributed by atoms with Crippen LogP contribution in [0.25, 0.3) is 17.0 Å².